The number of nitrogens with one attached hydrogen (secondary N) is 1. The highest BCUT2D eigenvalue weighted by Gasteiger charge is 1.96. The summed E-state index contributed by atoms with van der Waals surface area (Å²) in [5, 5.41) is 12.1. The quantitative estimate of drug-likeness (QED) is 0.698. The first-order valence-electron chi connectivity index (χ1n) is 4.81. The summed E-state index contributed by atoms with van der Waals surface area (Å²) in [6, 6.07) is 6.48. The van der Waals surface area contributed by atoms with Gasteiger partial charge in [0, 0.05) is 6.54 Å². The van der Waals surface area contributed by atoms with Gasteiger partial charge in [-0.1, -0.05) is 12.1 Å². The minimum Gasteiger partial charge on any atom is -0.392 e. The van der Waals surface area contributed by atoms with Crippen LogP contribution in [0.1, 0.15) is 12.5 Å². The average molecular weight is 197 g/mol. The molecule has 0 saturated heterocycles. The summed E-state index contributed by atoms with van der Waals surface area (Å²) in [6.45, 7) is 3.14. The zero-order chi connectivity index (χ0) is 10.4. The van der Waals surface area contributed by atoms with Crippen LogP contribution < -0.4 is 5.32 Å². The lowest BCUT2D eigenvalue weighted by Gasteiger charge is -2.06. The van der Waals surface area contributed by atoms with Crippen molar-refractivity contribution in [3.05, 3.63) is 35.6 Å². The largest absolute Gasteiger partial charge is 0.392 e. The smallest absolute Gasteiger partial charge is 0.123 e. The van der Waals surface area contributed by atoms with Crippen molar-refractivity contribution < 1.29 is 9.50 Å². The molecule has 0 bridgehead atoms. The molecule has 0 unspecified atom stereocenters. The van der Waals surface area contributed by atoms with E-state index >= 15 is 0 Å². The number of benzene rings is 1. The van der Waals surface area contributed by atoms with Crippen LogP contribution in [0.4, 0.5) is 4.39 Å². The number of aliphatic hydroxyl groups is 1. The topological polar surface area (TPSA) is 32.3 Å². The second kappa shape index (κ2) is 5.73. The third kappa shape index (κ3) is 4.35. The molecule has 0 spiro atoms. The molecular formula is C11H16FNO. The first-order chi connectivity index (χ1) is 6.68. The monoisotopic (exact) mass is 197 g/mol. The number of rotatable bonds is 5. The molecule has 0 amide bonds. The minimum absolute atomic E-state index is 0.203. The molecule has 0 aliphatic carbocycles. The van der Waals surface area contributed by atoms with Gasteiger partial charge in [0.25, 0.3) is 0 Å². The molecule has 1 aromatic carbocycles. The van der Waals surface area contributed by atoms with Gasteiger partial charge in [0.05, 0.1) is 6.10 Å². The Balaban J connectivity index is 2.21. The standard InChI is InChI=1S/C11H16FNO/c1-9(14)8-13-7-6-10-2-4-11(12)5-3-10/h2-5,9,13-14H,6-8H2,1H3/t9-/m1/s1. The van der Waals surface area contributed by atoms with E-state index in [1.165, 1.54) is 12.1 Å². The van der Waals surface area contributed by atoms with Crippen molar-refractivity contribution >= 4 is 0 Å². The molecule has 0 saturated carbocycles. The second-order valence-corrected chi connectivity index (χ2v) is 3.43. The molecule has 14 heavy (non-hydrogen) atoms. The fourth-order valence-corrected chi connectivity index (χ4v) is 1.19. The Hall–Kier alpha value is -0.930. The van der Waals surface area contributed by atoms with Crippen LogP contribution in [0.2, 0.25) is 0 Å². The second-order valence-electron chi connectivity index (χ2n) is 3.43. The fourth-order valence-electron chi connectivity index (χ4n) is 1.19. The lowest BCUT2D eigenvalue weighted by Crippen LogP contribution is -2.26. The van der Waals surface area contributed by atoms with Crippen molar-refractivity contribution in [1.82, 2.24) is 5.32 Å². The van der Waals surface area contributed by atoms with Crippen LogP contribution in [-0.2, 0) is 6.42 Å². The number of hydrogen-bond donors (Lipinski definition) is 2. The van der Waals surface area contributed by atoms with E-state index in [1.807, 2.05) is 0 Å². The van der Waals surface area contributed by atoms with Crippen LogP contribution in [0, 0.1) is 5.82 Å². The van der Waals surface area contributed by atoms with Gasteiger partial charge in [-0.3, -0.25) is 0 Å². The summed E-state index contributed by atoms with van der Waals surface area (Å²) < 4.78 is 12.5. The molecule has 0 radical (unpaired) electrons. The fraction of sp³-hybridized carbons (Fsp3) is 0.455. The van der Waals surface area contributed by atoms with Crippen molar-refractivity contribution in [2.45, 2.75) is 19.4 Å². The van der Waals surface area contributed by atoms with E-state index in [9.17, 15) is 4.39 Å². The van der Waals surface area contributed by atoms with Gasteiger partial charge >= 0.3 is 0 Å². The SMILES string of the molecule is C[C@@H](O)CNCCc1ccc(F)cc1. The van der Waals surface area contributed by atoms with Gasteiger partial charge < -0.3 is 10.4 Å². The maximum atomic E-state index is 12.5. The molecule has 2 nitrogen and oxygen atoms in total. The van der Waals surface area contributed by atoms with Crippen molar-refractivity contribution in [2.24, 2.45) is 0 Å². The zero-order valence-electron chi connectivity index (χ0n) is 8.33. The minimum atomic E-state index is -0.316. The van der Waals surface area contributed by atoms with Gasteiger partial charge in [-0.25, -0.2) is 4.39 Å². The van der Waals surface area contributed by atoms with Crippen LogP contribution in [0.3, 0.4) is 0 Å². The molecule has 1 atom stereocenters. The molecule has 1 rings (SSSR count). The Morgan fingerprint density at radius 3 is 2.57 bits per heavy atom. The predicted octanol–water partition coefficient (Wildman–Crippen LogP) is 1.34. The molecule has 78 valence electrons. The Labute approximate surface area is 83.8 Å². The molecule has 1 aromatic rings. The number of halogens is 1. The lowest BCUT2D eigenvalue weighted by atomic mass is 10.1. The predicted molar refractivity (Wildman–Crippen MR) is 54.7 cm³/mol. The highest BCUT2D eigenvalue weighted by atomic mass is 19.1. The molecule has 0 fully saturated rings. The van der Waals surface area contributed by atoms with E-state index in [-0.39, 0.29) is 11.9 Å². The van der Waals surface area contributed by atoms with Gasteiger partial charge in [-0.15, -0.1) is 0 Å². The highest BCUT2D eigenvalue weighted by Crippen LogP contribution is 2.02. The molecule has 2 N–H and O–H groups in total. The van der Waals surface area contributed by atoms with Gasteiger partial charge in [0.1, 0.15) is 5.82 Å². The summed E-state index contributed by atoms with van der Waals surface area (Å²) in [4.78, 5) is 0. The first-order valence-corrected chi connectivity index (χ1v) is 4.81. The maximum absolute atomic E-state index is 12.5. The molecule has 0 aliphatic heterocycles. The molecule has 0 aliphatic rings. The molecule has 3 heteroatoms. The van der Waals surface area contributed by atoms with Crippen LogP contribution in [0.15, 0.2) is 24.3 Å². The van der Waals surface area contributed by atoms with Gasteiger partial charge in [0.15, 0.2) is 0 Å². The van der Waals surface area contributed by atoms with E-state index in [2.05, 4.69) is 5.32 Å². The van der Waals surface area contributed by atoms with Crippen LogP contribution in [0.25, 0.3) is 0 Å². The third-order valence-electron chi connectivity index (χ3n) is 1.94. The van der Waals surface area contributed by atoms with E-state index in [0.717, 1.165) is 18.5 Å². The maximum Gasteiger partial charge on any atom is 0.123 e. The van der Waals surface area contributed by atoms with E-state index in [4.69, 9.17) is 5.11 Å². The summed E-state index contributed by atoms with van der Waals surface area (Å²) >= 11 is 0. The normalized spacial score (nSPS) is 12.8. The summed E-state index contributed by atoms with van der Waals surface area (Å²) in [5.74, 6) is -0.203. The van der Waals surface area contributed by atoms with Crippen LogP contribution in [0.5, 0.6) is 0 Å². The zero-order valence-corrected chi connectivity index (χ0v) is 8.33. The van der Waals surface area contributed by atoms with Gasteiger partial charge in [-0.2, -0.15) is 0 Å². The molecule has 0 heterocycles. The van der Waals surface area contributed by atoms with Crippen molar-refractivity contribution in [2.75, 3.05) is 13.1 Å². The van der Waals surface area contributed by atoms with E-state index in [0.29, 0.717) is 6.54 Å². The lowest BCUT2D eigenvalue weighted by molar-refractivity contribution is 0.191. The Bertz CT molecular complexity index is 258. The number of aliphatic hydroxyl groups excluding tert-OH is 1. The van der Waals surface area contributed by atoms with E-state index < -0.39 is 0 Å². The Kier molecular flexibility index (Phi) is 4.56. The van der Waals surface area contributed by atoms with Crippen molar-refractivity contribution in [1.29, 1.82) is 0 Å². The first kappa shape index (κ1) is 11.1. The average Bonchev–Trinajstić information content (AvgIpc) is 2.15. The van der Waals surface area contributed by atoms with Crippen LogP contribution >= 0.6 is 0 Å². The van der Waals surface area contributed by atoms with E-state index in [1.54, 1.807) is 19.1 Å². The summed E-state index contributed by atoms with van der Waals surface area (Å²) in [5.41, 5.74) is 1.10. The van der Waals surface area contributed by atoms with Gasteiger partial charge in [0.2, 0.25) is 0 Å². The summed E-state index contributed by atoms with van der Waals surface area (Å²) in [6.07, 6.45) is 0.538. The van der Waals surface area contributed by atoms with Crippen molar-refractivity contribution in [3.63, 3.8) is 0 Å². The third-order valence-corrected chi connectivity index (χ3v) is 1.94. The molecule has 0 aromatic heterocycles. The highest BCUT2D eigenvalue weighted by molar-refractivity contribution is 5.16. The number of hydrogen-bond acceptors (Lipinski definition) is 2. The Morgan fingerprint density at radius 1 is 1.36 bits per heavy atom. The van der Waals surface area contributed by atoms with Gasteiger partial charge in [-0.05, 0) is 37.6 Å². The molecular weight excluding hydrogens is 181 g/mol. The van der Waals surface area contributed by atoms with Crippen molar-refractivity contribution in [3.8, 4) is 0 Å². The summed E-state index contributed by atoms with van der Waals surface area (Å²) in [7, 11) is 0. The Morgan fingerprint density at radius 2 is 2.00 bits per heavy atom. The van der Waals surface area contributed by atoms with Crippen LogP contribution in [-0.4, -0.2) is 24.3 Å².